The van der Waals surface area contributed by atoms with Crippen molar-refractivity contribution in [2.75, 3.05) is 25.4 Å². The second kappa shape index (κ2) is 6.00. The van der Waals surface area contributed by atoms with Gasteiger partial charge in [-0.1, -0.05) is 6.08 Å². The molecule has 1 heterocycles. The lowest BCUT2D eigenvalue weighted by Gasteiger charge is -2.10. The zero-order valence-corrected chi connectivity index (χ0v) is 10.1. The van der Waals surface area contributed by atoms with E-state index in [0.717, 1.165) is 0 Å². The van der Waals surface area contributed by atoms with Gasteiger partial charge in [0.05, 0.1) is 17.5 Å². The van der Waals surface area contributed by atoms with Gasteiger partial charge in [-0.3, -0.25) is 4.79 Å². The van der Waals surface area contributed by atoms with Crippen LogP contribution in [0, 0.1) is 0 Å². The summed E-state index contributed by atoms with van der Waals surface area (Å²) in [5.41, 5.74) is 0. The standard InChI is InChI=1S/C10H18N2O3S/c1-2-5-11-8-10(13)12-7-9-4-3-6-16(9,14)15/h2,9,11H,1,3-8H2,(H,12,13). The van der Waals surface area contributed by atoms with Crippen LogP contribution >= 0.6 is 0 Å². The first-order valence-corrected chi connectivity index (χ1v) is 7.07. The second-order valence-corrected chi connectivity index (χ2v) is 6.26. The van der Waals surface area contributed by atoms with Gasteiger partial charge >= 0.3 is 0 Å². The smallest absolute Gasteiger partial charge is 0.234 e. The maximum atomic E-state index is 11.5. The van der Waals surface area contributed by atoms with Gasteiger partial charge < -0.3 is 10.6 Å². The Balaban J connectivity index is 2.24. The van der Waals surface area contributed by atoms with Crippen LogP contribution < -0.4 is 10.6 Å². The number of carbonyl (C=O) groups is 1. The molecule has 92 valence electrons. The Labute approximate surface area is 96.2 Å². The fourth-order valence-corrected chi connectivity index (χ4v) is 3.43. The van der Waals surface area contributed by atoms with Crippen LogP contribution in [0.4, 0.5) is 0 Å². The number of carbonyl (C=O) groups excluding carboxylic acids is 1. The Kier molecular flexibility index (Phi) is 4.95. The lowest BCUT2D eigenvalue weighted by Crippen LogP contribution is -2.39. The molecule has 5 nitrogen and oxygen atoms in total. The maximum absolute atomic E-state index is 11.5. The van der Waals surface area contributed by atoms with Gasteiger partial charge in [-0.25, -0.2) is 8.42 Å². The molecule has 0 aliphatic carbocycles. The first-order valence-electron chi connectivity index (χ1n) is 5.36. The molecular weight excluding hydrogens is 228 g/mol. The highest BCUT2D eigenvalue weighted by molar-refractivity contribution is 7.92. The highest BCUT2D eigenvalue weighted by atomic mass is 32.2. The third kappa shape index (κ3) is 3.94. The van der Waals surface area contributed by atoms with Crippen LogP contribution in [0.2, 0.25) is 0 Å². The third-order valence-corrected chi connectivity index (χ3v) is 4.84. The van der Waals surface area contributed by atoms with Crippen molar-refractivity contribution in [3.8, 4) is 0 Å². The fraction of sp³-hybridized carbons (Fsp3) is 0.700. The summed E-state index contributed by atoms with van der Waals surface area (Å²) in [5.74, 6) is 0.0753. The molecule has 0 saturated carbocycles. The topological polar surface area (TPSA) is 75.3 Å². The average Bonchev–Trinajstić information content (AvgIpc) is 2.55. The summed E-state index contributed by atoms with van der Waals surface area (Å²) in [7, 11) is -2.96. The van der Waals surface area contributed by atoms with Crippen LogP contribution in [-0.2, 0) is 14.6 Å². The van der Waals surface area contributed by atoms with Gasteiger partial charge in [0.15, 0.2) is 9.84 Å². The van der Waals surface area contributed by atoms with E-state index >= 15 is 0 Å². The average molecular weight is 246 g/mol. The van der Waals surface area contributed by atoms with Gasteiger partial charge in [-0.2, -0.15) is 0 Å². The number of nitrogens with one attached hydrogen (secondary N) is 2. The Bertz CT molecular complexity index is 351. The van der Waals surface area contributed by atoms with Crippen molar-refractivity contribution in [3.63, 3.8) is 0 Å². The van der Waals surface area contributed by atoms with Crippen LogP contribution in [0.25, 0.3) is 0 Å². The largest absolute Gasteiger partial charge is 0.354 e. The number of sulfone groups is 1. The molecule has 6 heteroatoms. The molecule has 1 amide bonds. The van der Waals surface area contributed by atoms with Crippen LogP contribution in [0.3, 0.4) is 0 Å². The molecule has 1 rings (SSSR count). The number of rotatable bonds is 6. The van der Waals surface area contributed by atoms with Crippen molar-refractivity contribution >= 4 is 15.7 Å². The minimum absolute atomic E-state index is 0.177. The zero-order chi connectivity index (χ0) is 12.0. The van der Waals surface area contributed by atoms with Gasteiger partial charge in [0.2, 0.25) is 5.91 Å². The number of hydrogen-bond donors (Lipinski definition) is 2. The molecule has 0 aromatic heterocycles. The zero-order valence-electron chi connectivity index (χ0n) is 9.24. The van der Waals surface area contributed by atoms with Gasteiger partial charge in [0.1, 0.15) is 0 Å². The van der Waals surface area contributed by atoms with Crippen molar-refractivity contribution in [2.45, 2.75) is 18.1 Å². The molecule has 1 aliphatic rings. The number of hydrogen-bond acceptors (Lipinski definition) is 4. The Morgan fingerprint density at radius 3 is 2.81 bits per heavy atom. The van der Waals surface area contributed by atoms with Crippen molar-refractivity contribution < 1.29 is 13.2 Å². The molecule has 2 N–H and O–H groups in total. The van der Waals surface area contributed by atoms with Crippen LogP contribution in [0.1, 0.15) is 12.8 Å². The molecule has 16 heavy (non-hydrogen) atoms. The van der Waals surface area contributed by atoms with Crippen LogP contribution in [0.5, 0.6) is 0 Å². The van der Waals surface area contributed by atoms with E-state index in [9.17, 15) is 13.2 Å². The Hall–Kier alpha value is -0.880. The van der Waals surface area contributed by atoms with Crippen molar-refractivity contribution in [3.05, 3.63) is 12.7 Å². The highest BCUT2D eigenvalue weighted by Gasteiger charge is 2.31. The van der Waals surface area contributed by atoms with Crippen molar-refractivity contribution in [1.82, 2.24) is 10.6 Å². The quantitative estimate of drug-likeness (QED) is 0.487. The molecule has 0 bridgehead atoms. The van der Waals surface area contributed by atoms with E-state index in [1.54, 1.807) is 6.08 Å². The molecule has 1 aliphatic heterocycles. The van der Waals surface area contributed by atoms with Gasteiger partial charge in [-0.05, 0) is 12.8 Å². The maximum Gasteiger partial charge on any atom is 0.234 e. The predicted molar refractivity (Wildman–Crippen MR) is 62.9 cm³/mol. The van der Waals surface area contributed by atoms with E-state index in [0.29, 0.717) is 19.4 Å². The monoisotopic (exact) mass is 246 g/mol. The third-order valence-electron chi connectivity index (χ3n) is 2.56. The summed E-state index contributed by atoms with van der Waals surface area (Å²) >= 11 is 0. The van der Waals surface area contributed by atoms with E-state index in [1.807, 2.05) is 0 Å². The van der Waals surface area contributed by atoms with E-state index in [1.165, 1.54) is 0 Å². The summed E-state index contributed by atoms with van der Waals surface area (Å²) in [5, 5.41) is 5.08. The van der Waals surface area contributed by atoms with Crippen LogP contribution in [0.15, 0.2) is 12.7 Å². The van der Waals surface area contributed by atoms with E-state index in [4.69, 9.17) is 0 Å². The SMILES string of the molecule is C=CCNCC(=O)NCC1CCCS1(=O)=O. The minimum Gasteiger partial charge on any atom is -0.354 e. The van der Waals surface area contributed by atoms with Gasteiger partial charge in [0, 0.05) is 13.1 Å². The van der Waals surface area contributed by atoms with E-state index < -0.39 is 15.1 Å². The summed E-state index contributed by atoms with van der Waals surface area (Å²) < 4.78 is 22.9. The van der Waals surface area contributed by atoms with Crippen LogP contribution in [-0.4, -0.2) is 45.0 Å². The molecular formula is C10H18N2O3S. The first-order chi connectivity index (χ1) is 7.56. The lowest BCUT2D eigenvalue weighted by atomic mass is 10.2. The molecule has 1 saturated heterocycles. The Morgan fingerprint density at radius 2 is 2.25 bits per heavy atom. The molecule has 0 aromatic rings. The lowest BCUT2D eigenvalue weighted by molar-refractivity contribution is -0.120. The highest BCUT2D eigenvalue weighted by Crippen LogP contribution is 2.18. The molecule has 1 fully saturated rings. The fourth-order valence-electron chi connectivity index (χ4n) is 1.67. The van der Waals surface area contributed by atoms with Crippen molar-refractivity contribution in [2.24, 2.45) is 0 Å². The molecule has 1 atom stereocenters. The molecule has 0 aromatic carbocycles. The summed E-state index contributed by atoms with van der Waals surface area (Å²) in [6.07, 6.45) is 3.02. The summed E-state index contributed by atoms with van der Waals surface area (Å²) in [6, 6.07) is 0. The second-order valence-electron chi connectivity index (χ2n) is 3.85. The number of amides is 1. The Morgan fingerprint density at radius 1 is 1.50 bits per heavy atom. The summed E-state index contributed by atoms with van der Waals surface area (Å²) in [4.78, 5) is 11.3. The normalized spacial score (nSPS) is 22.9. The molecule has 0 radical (unpaired) electrons. The summed E-state index contributed by atoms with van der Waals surface area (Å²) in [6.45, 7) is 4.50. The van der Waals surface area contributed by atoms with Gasteiger partial charge in [-0.15, -0.1) is 6.58 Å². The van der Waals surface area contributed by atoms with E-state index in [2.05, 4.69) is 17.2 Å². The predicted octanol–water partition coefficient (Wildman–Crippen LogP) is -0.545. The van der Waals surface area contributed by atoms with Crippen molar-refractivity contribution in [1.29, 1.82) is 0 Å². The molecule has 1 unspecified atom stereocenters. The minimum atomic E-state index is -2.96. The van der Waals surface area contributed by atoms with Gasteiger partial charge in [0.25, 0.3) is 0 Å². The molecule has 0 spiro atoms. The first kappa shape index (κ1) is 13.2. The van der Waals surface area contributed by atoms with E-state index in [-0.39, 0.29) is 24.7 Å².